The molecule has 1 N–H and O–H groups in total. The highest BCUT2D eigenvalue weighted by Gasteiger charge is 2.29. The number of methoxy groups -OCH3 is 1. The van der Waals surface area contributed by atoms with Crippen molar-refractivity contribution in [2.45, 2.75) is 64.5 Å². The Morgan fingerprint density at radius 1 is 1.24 bits per heavy atom. The number of nitrogens with zero attached hydrogens (tertiary/aromatic N) is 1. The zero-order chi connectivity index (χ0) is 21.0. The number of carbonyl (C=O) groups excluding carboxylic acids is 2. The summed E-state index contributed by atoms with van der Waals surface area (Å²) >= 11 is 0. The van der Waals surface area contributed by atoms with Crippen molar-refractivity contribution < 1.29 is 23.8 Å². The molecule has 2 amide bonds. The molecule has 0 unspecified atom stereocenters. The standard InChI is InChI=1S/C22H32N2O5/c1-22(2,3)29-21(26)23-16-7-5-15(6-8-16)11-12-24-18-13-17(27-4)9-10-19(18)28-14-20(24)25/h9-10,13,15-16H,5-8,11-12,14H2,1-4H3,(H,23,26). The third-order valence-corrected chi connectivity index (χ3v) is 5.44. The van der Waals surface area contributed by atoms with E-state index >= 15 is 0 Å². The first kappa shape index (κ1) is 21.3. The Kier molecular flexibility index (Phi) is 6.55. The number of carbonyl (C=O) groups is 2. The second-order valence-corrected chi connectivity index (χ2v) is 8.82. The fourth-order valence-electron chi connectivity index (χ4n) is 3.94. The van der Waals surface area contributed by atoms with Crippen LogP contribution in [0.2, 0.25) is 0 Å². The summed E-state index contributed by atoms with van der Waals surface area (Å²) in [7, 11) is 1.61. The van der Waals surface area contributed by atoms with Gasteiger partial charge in [-0.3, -0.25) is 4.79 Å². The fourth-order valence-corrected chi connectivity index (χ4v) is 3.94. The van der Waals surface area contributed by atoms with E-state index in [1.807, 2.05) is 43.9 Å². The monoisotopic (exact) mass is 404 g/mol. The Hall–Kier alpha value is -2.44. The number of rotatable bonds is 5. The van der Waals surface area contributed by atoms with Crippen LogP contribution in [-0.4, -0.2) is 43.9 Å². The van der Waals surface area contributed by atoms with Crippen LogP contribution >= 0.6 is 0 Å². The van der Waals surface area contributed by atoms with Gasteiger partial charge in [-0.1, -0.05) is 0 Å². The molecule has 0 radical (unpaired) electrons. The summed E-state index contributed by atoms with van der Waals surface area (Å²) in [6.45, 7) is 6.33. The quantitative estimate of drug-likeness (QED) is 0.806. The minimum Gasteiger partial charge on any atom is -0.497 e. The molecule has 1 aliphatic carbocycles. The molecule has 1 aliphatic heterocycles. The highest BCUT2D eigenvalue weighted by atomic mass is 16.6. The van der Waals surface area contributed by atoms with E-state index in [9.17, 15) is 9.59 Å². The highest BCUT2D eigenvalue weighted by molar-refractivity contribution is 5.98. The van der Waals surface area contributed by atoms with Crippen molar-refractivity contribution in [2.24, 2.45) is 5.92 Å². The predicted molar refractivity (Wildman–Crippen MR) is 111 cm³/mol. The number of benzene rings is 1. The van der Waals surface area contributed by atoms with Gasteiger partial charge in [-0.15, -0.1) is 0 Å². The van der Waals surface area contributed by atoms with Gasteiger partial charge in [0.2, 0.25) is 0 Å². The molecule has 3 rings (SSSR count). The minimum absolute atomic E-state index is 0.0222. The van der Waals surface area contributed by atoms with Crippen molar-refractivity contribution >= 4 is 17.7 Å². The molecule has 2 aliphatic rings. The zero-order valence-corrected chi connectivity index (χ0v) is 17.8. The van der Waals surface area contributed by atoms with Crippen molar-refractivity contribution in [1.82, 2.24) is 5.32 Å². The number of amides is 2. The molecule has 1 fully saturated rings. The number of alkyl carbamates (subject to hydrolysis) is 1. The lowest BCUT2D eigenvalue weighted by Gasteiger charge is -2.33. The maximum absolute atomic E-state index is 12.4. The molecule has 1 saturated carbocycles. The summed E-state index contributed by atoms with van der Waals surface area (Å²) in [4.78, 5) is 26.2. The maximum atomic E-state index is 12.4. The molecule has 7 nitrogen and oxygen atoms in total. The summed E-state index contributed by atoms with van der Waals surface area (Å²) in [5, 5.41) is 2.98. The Morgan fingerprint density at radius 3 is 2.62 bits per heavy atom. The fraction of sp³-hybridized carbons (Fsp3) is 0.636. The van der Waals surface area contributed by atoms with Gasteiger partial charge < -0.3 is 24.4 Å². The van der Waals surface area contributed by atoms with E-state index in [0.29, 0.717) is 18.2 Å². The number of fused-ring (bicyclic) bond motifs is 1. The third-order valence-electron chi connectivity index (χ3n) is 5.44. The summed E-state index contributed by atoms with van der Waals surface area (Å²) < 4.78 is 16.2. The lowest BCUT2D eigenvalue weighted by Crippen LogP contribution is -2.42. The number of nitrogens with one attached hydrogen (secondary N) is 1. The van der Waals surface area contributed by atoms with Crippen molar-refractivity contribution in [2.75, 3.05) is 25.2 Å². The van der Waals surface area contributed by atoms with Crippen molar-refractivity contribution in [3.63, 3.8) is 0 Å². The topological polar surface area (TPSA) is 77.1 Å². The average molecular weight is 405 g/mol. The van der Waals surface area contributed by atoms with Crippen LogP contribution in [0.15, 0.2) is 18.2 Å². The van der Waals surface area contributed by atoms with E-state index in [1.165, 1.54) is 0 Å². The van der Waals surface area contributed by atoms with Gasteiger partial charge in [-0.25, -0.2) is 4.79 Å². The number of anilines is 1. The Labute approximate surface area is 172 Å². The van der Waals surface area contributed by atoms with Gasteiger partial charge >= 0.3 is 6.09 Å². The number of ether oxygens (including phenoxy) is 3. The van der Waals surface area contributed by atoms with E-state index in [2.05, 4.69) is 5.32 Å². The van der Waals surface area contributed by atoms with Crippen molar-refractivity contribution in [3.8, 4) is 11.5 Å². The largest absolute Gasteiger partial charge is 0.497 e. The molecule has 0 bridgehead atoms. The van der Waals surface area contributed by atoms with E-state index < -0.39 is 5.60 Å². The van der Waals surface area contributed by atoms with Gasteiger partial charge in [0.15, 0.2) is 6.61 Å². The van der Waals surface area contributed by atoms with Crippen LogP contribution in [-0.2, 0) is 9.53 Å². The number of hydrogen-bond donors (Lipinski definition) is 1. The van der Waals surface area contributed by atoms with E-state index in [-0.39, 0.29) is 24.6 Å². The van der Waals surface area contributed by atoms with Crippen LogP contribution < -0.4 is 19.7 Å². The molecule has 1 heterocycles. The smallest absolute Gasteiger partial charge is 0.407 e. The molecule has 160 valence electrons. The predicted octanol–water partition coefficient (Wildman–Crippen LogP) is 3.89. The summed E-state index contributed by atoms with van der Waals surface area (Å²) in [6.07, 6.45) is 4.53. The van der Waals surface area contributed by atoms with Gasteiger partial charge in [0.25, 0.3) is 5.91 Å². The first-order chi connectivity index (χ1) is 13.7. The number of hydrogen-bond acceptors (Lipinski definition) is 5. The molecule has 0 spiro atoms. The van der Waals surface area contributed by atoms with Gasteiger partial charge in [0.05, 0.1) is 12.8 Å². The Morgan fingerprint density at radius 2 is 1.97 bits per heavy atom. The van der Waals surface area contributed by atoms with E-state index in [1.54, 1.807) is 7.11 Å². The average Bonchev–Trinajstić information content (AvgIpc) is 2.66. The first-order valence-corrected chi connectivity index (χ1v) is 10.4. The maximum Gasteiger partial charge on any atom is 0.407 e. The Bertz CT molecular complexity index is 735. The summed E-state index contributed by atoms with van der Waals surface area (Å²) in [6, 6.07) is 5.71. The van der Waals surface area contributed by atoms with E-state index in [0.717, 1.165) is 43.5 Å². The van der Waals surface area contributed by atoms with E-state index in [4.69, 9.17) is 14.2 Å². The molecular formula is C22H32N2O5. The lowest BCUT2D eigenvalue weighted by molar-refractivity contribution is -0.121. The Balaban J connectivity index is 1.50. The zero-order valence-electron chi connectivity index (χ0n) is 17.8. The summed E-state index contributed by atoms with van der Waals surface area (Å²) in [5.74, 6) is 1.94. The van der Waals surface area contributed by atoms with Crippen LogP contribution in [0.1, 0.15) is 52.9 Å². The highest BCUT2D eigenvalue weighted by Crippen LogP contribution is 2.36. The lowest BCUT2D eigenvalue weighted by atomic mass is 9.84. The normalized spacial score (nSPS) is 21.8. The molecule has 29 heavy (non-hydrogen) atoms. The van der Waals surface area contributed by atoms with Crippen LogP contribution in [0.4, 0.5) is 10.5 Å². The minimum atomic E-state index is -0.481. The van der Waals surface area contributed by atoms with Gasteiger partial charge in [-0.2, -0.15) is 0 Å². The SMILES string of the molecule is COc1ccc2c(c1)N(CCC1CCC(NC(=O)OC(C)(C)C)CC1)C(=O)CO2. The first-order valence-electron chi connectivity index (χ1n) is 10.4. The van der Waals surface area contributed by atoms with Crippen LogP contribution in [0, 0.1) is 5.92 Å². The van der Waals surface area contributed by atoms with Crippen molar-refractivity contribution in [1.29, 1.82) is 0 Å². The molecule has 0 saturated heterocycles. The van der Waals surface area contributed by atoms with Crippen LogP contribution in [0.25, 0.3) is 0 Å². The molecule has 0 atom stereocenters. The van der Waals surface area contributed by atoms with Crippen LogP contribution in [0.5, 0.6) is 11.5 Å². The molecule has 1 aromatic rings. The van der Waals surface area contributed by atoms with Gasteiger partial charge in [0, 0.05) is 18.7 Å². The second-order valence-electron chi connectivity index (χ2n) is 8.82. The third kappa shape index (κ3) is 5.78. The van der Waals surface area contributed by atoms with Crippen molar-refractivity contribution in [3.05, 3.63) is 18.2 Å². The molecule has 0 aromatic heterocycles. The molecule has 1 aromatic carbocycles. The molecule has 7 heteroatoms. The summed E-state index contributed by atoms with van der Waals surface area (Å²) in [5.41, 5.74) is 0.297. The van der Waals surface area contributed by atoms with Crippen LogP contribution in [0.3, 0.4) is 0 Å². The van der Waals surface area contributed by atoms with Gasteiger partial charge in [-0.05, 0) is 70.9 Å². The van der Waals surface area contributed by atoms with Gasteiger partial charge in [0.1, 0.15) is 17.1 Å². The molecular weight excluding hydrogens is 372 g/mol. The second kappa shape index (κ2) is 8.93.